The molecule has 1 aromatic rings. The van der Waals surface area contributed by atoms with Gasteiger partial charge >= 0.3 is 5.51 Å². The minimum Gasteiger partial charge on any atom is -0.394 e. The SMILES string of the molecule is Cl.N[C@@H](CO)c1ccc(SC(F)(F)F)cc1. The average Bonchev–Trinajstić information content (AvgIpc) is 2.15. The molecule has 1 aromatic carbocycles. The molecule has 0 aromatic heterocycles. The van der Waals surface area contributed by atoms with Crippen LogP contribution in [0.25, 0.3) is 0 Å². The quantitative estimate of drug-likeness (QED) is 0.833. The van der Waals surface area contributed by atoms with Crippen molar-refractivity contribution in [3.63, 3.8) is 0 Å². The summed E-state index contributed by atoms with van der Waals surface area (Å²) in [5.74, 6) is 0. The molecule has 0 aliphatic rings. The fourth-order valence-electron chi connectivity index (χ4n) is 1.02. The van der Waals surface area contributed by atoms with Crippen LogP contribution in [0.4, 0.5) is 13.2 Å². The van der Waals surface area contributed by atoms with Gasteiger partial charge in [-0.2, -0.15) is 13.2 Å². The van der Waals surface area contributed by atoms with Gasteiger partial charge < -0.3 is 10.8 Å². The third kappa shape index (κ3) is 5.07. The van der Waals surface area contributed by atoms with Crippen LogP contribution in [-0.4, -0.2) is 17.2 Å². The third-order valence-corrected chi connectivity index (χ3v) is 2.48. The van der Waals surface area contributed by atoms with Gasteiger partial charge in [-0.25, -0.2) is 0 Å². The fraction of sp³-hybridized carbons (Fsp3) is 0.333. The molecule has 1 rings (SSSR count). The number of hydrogen-bond acceptors (Lipinski definition) is 3. The van der Waals surface area contributed by atoms with Crippen molar-refractivity contribution in [2.24, 2.45) is 5.73 Å². The molecule has 0 saturated heterocycles. The van der Waals surface area contributed by atoms with Crippen molar-refractivity contribution in [3.05, 3.63) is 29.8 Å². The predicted molar refractivity (Wildman–Crippen MR) is 59.6 cm³/mol. The lowest BCUT2D eigenvalue weighted by Gasteiger charge is -2.09. The molecule has 0 saturated carbocycles. The van der Waals surface area contributed by atoms with E-state index in [2.05, 4.69) is 0 Å². The highest BCUT2D eigenvalue weighted by Crippen LogP contribution is 2.36. The number of alkyl halides is 3. The van der Waals surface area contributed by atoms with Gasteiger partial charge in [-0.3, -0.25) is 0 Å². The highest BCUT2D eigenvalue weighted by atomic mass is 35.5. The zero-order valence-electron chi connectivity index (χ0n) is 8.07. The van der Waals surface area contributed by atoms with Gasteiger partial charge in [-0.05, 0) is 29.5 Å². The van der Waals surface area contributed by atoms with E-state index in [1.807, 2.05) is 0 Å². The Bertz CT molecular complexity index is 318. The van der Waals surface area contributed by atoms with Crippen LogP contribution in [0.2, 0.25) is 0 Å². The molecule has 1 atom stereocenters. The molecular weight excluding hydrogens is 263 g/mol. The maximum atomic E-state index is 12.0. The molecule has 2 nitrogen and oxygen atoms in total. The van der Waals surface area contributed by atoms with E-state index in [9.17, 15) is 13.2 Å². The zero-order valence-corrected chi connectivity index (χ0v) is 9.70. The summed E-state index contributed by atoms with van der Waals surface area (Å²) < 4.78 is 35.9. The van der Waals surface area contributed by atoms with E-state index >= 15 is 0 Å². The van der Waals surface area contributed by atoms with E-state index in [0.717, 1.165) is 0 Å². The summed E-state index contributed by atoms with van der Waals surface area (Å²) in [5, 5.41) is 8.73. The number of halogens is 4. The molecule has 0 amide bonds. The molecule has 0 unspecified atom stereocenters. The van der Waals surface area contributed by atoms with Crippen LogP contribution in [0.5, 0.6) is 0 Å². The number of benzene rings is 1. The molecule has 0 heterocycles. The van der Waals surface area contributed by atoms with Gasteiger partial charge in [0.2, 0.25) is 0 Å². The molecule has 0 spiro atoms. The van der Waals surface area contributed by atoms with Gasteiger partial charge in [0.25, 0.3) is 0 Å². The van der Waals surface area contributed by atoms with E-state index < -0.39 is 11.6 Å². The smallest absolute Gasteiger partial charge is 0.394 e. The normalized spacial score (nSPS) is 13.1. The molecule has 0 radical (unpaired) electrons. The molecule has 0 aliphatic heterocycles. The highest BCUT2D eigenvalue weighted by Gasteiger charge is 2.29. The first-order valence-electron chi connectivity index (χ1n) is 4.14. The molecule has 7 heteroatoms. The molecule has 0 fully saturated rings. The van der Waals surface area contributed by atoms with Crippen LogP contribution in [0.1, 0.15) is 11.6 Å². The first-order chi connectivity index (χ1) is 6.92. The zero-order chi connectivity index (χ0) is 11.5. The Labute approximate surface area is 101 Å². The van der Waals surface area contributed by atoms with Crippen molar-refractivity contribution < 1.29 is 18.3 Å². The standard InChI is InChI=1S/C9H10F3NOS.ClH/c10-9(11,12)15-7-3-1-6(2-4-7)8(13)5-14;/h1-4,8,14H,5,13H2;1H/t8-;/m0./s1. The second-order valence-corrected chi connectivity index (χ2v) is 4.04. The number of thioether (sulfide) groups is 1. The minimum absolute atomic E-state index is 0. The van der Waals surface area contributed by atoms with Crippen molar-refractivity contribution in [1.29, 1.82) is 0 Å². The van der Waals surface area contributed by atoms with Gasteiger partial charge in [-0.1, -0.05) is 12.1 Å². The lowest BCUT2D eigenvalue weighted by Crippen LogP contribution is -2.14. The molecular formula is C9H11ClF3NOS. The van der Waals surface area contributed by atoms with E-state index in [-0.39, 0.29) is 35.7 Å². The van der Waals surface area contributed by atoms with Crippen molar-refractivity contribution >= 4 is 24.2 Å². The fourth-order valence-corrected chi connectivity index (χ4v) is 1.56. The van der Waals surface area contributed by atoms with E-state index in [0.29, 0.717) is 5.56 Å². The van der Waals surface area contributed by atoms with Gasteiger partial charge in [0, 0.05) is 4.90 Å². The van der Waals surface area contributed by atoms with Crippen molar-refractivity contribution in [2.45, 2.75) is 16.4 Å². The van der Waals surface area contributed by atoms with Crippen LogP contribution < -0.4 is 5.73 Å². The summed E-state index contributed by atoms with van der Waals surface area (Å²) in [6.45, 7) is -0.230. The number of aliphatic hydroxyl groups is 1. The second kappa shape index (κ2) is 6.34. The maximum absolute atomic E-state index is 12.0. The lowest BCUT2D eigenvalue weighted by molar-refractivity contribution is -0.0328. The largest absolute Gasteiger partial charge is 0.446 e. The number of rotatable bonds is 3. The van der Waals surface area contributed by atoms with Crippen LogP contribution in [0.3, 0.4) is 0 Å². The molecule has 16 heavy (non-hydrogen) atoms. The lowest BCUT2D eigenvalue weighted by atomic mass is 10.1. The number of nitrogens with two attached hydrogens (primary N) is 1. The summed E-state index contributed by atoms with van der Waals surface area (Å²) in [4.78, 5) is 0.108. The van der Waals surface area contributed by atoms with Crippen molar-refractivity contribution in [1.82, 2.24) is 0 Å². The Hall–Kier alpha value is -0.430. The van der Waals surface area contributed by atoms with Crippen LogP contribution >= 0.6 is 24.2 Å². The maximum Gasteiger partial charge on any atom is 0.446 e. The predicted octanol–water partition coefficient (Wildman–Crippen LogP) is 2.71. The van der Waals surface area contributed by atoms with Crippen LogP contribution in [0.15, 0.2) is 29.2 Å². The monoisotopic (exact) mass is 273 g/mol. The minimum atomic E-state index is -4.28. The van der Waals surface area contributed by atoms with Gasteiger partial charge in [0.1, 0.15) is 0 Å². The summed E-state index contributed by atoms with van der Waals surface area (Å²) in [7, 11) is 0. The first-order valence-corrected chi connectivity index (χ1v) is 4.96. The van der Waals surface area contributed by atoms with E-state index in [4.69, 9.17) is 10.8 Å². The van der Waals surface area contributed by atoms with Crippen molar-refractivity contribution in [3.8, 4) is 0 Å². The Kier molecular flexibility index (Phi) is 6.17. The molecule has 0 bridgehead atoms. The first kappa shape index (κ1) is 15.6. The summed E-state index contributed by atoms with van der Waals surface area (Å²) >= 11 is -0.175. The summed E-state index contributed by atoms with van der Waals surface area (Å²) in [6, 6.07) is 5.09. The average molecular weight is 274 g/mol. The Morgan fingerprint density at radius 3 is 2.12 bits per heavy atom. The second-order valence-electron chi connectivity index (χ2n) is 2.91. The molecule has 0 aliphatic carbocycles. The topological polar surface area (TPSA) is 46.2 Å². The third-order valence-electron chi connectivity index (χ3n) is 1.74. The van der Waals surface area contributed by atoms with E-state index in [1.54, 1.807) is 0 Å². The number of aliphatic hydroxyl groups excluding tert-OH is 1. The van der Waals surface area contributed by atoms with Crippen LogP contribution in [0, 0.1) is 0 Å². The number of hydrogen-bond donors (Lipinski definition) is 2. The van der Waals surface area contributed by atoms with Gasteiger partial charge in [0.05, 0.1) is 12.6 Å². The highest BCUT2D eigenvalue weighted by molar-refractivity contribution is 8.00. The van der Waals surface area contributed by atoms with Gasteiger partial charge in [0.15, 0.2) is 0 Å². The van der Waals surface area contributed by atoms with Gasteiger partial charge in [-0.15, -0.1) is 12.4 Å². The Morgan fingerprint density at radius 2 is 1.75 bits per heavy atom. The summed E-state index contributed by atoms with van der Waals surface area (Å²) in [6.07, 6.45) is 0. The molecule has 3 N–H and O–H groups in total. The van der Waals surface area contributed by atoms with Crippen LogP contribution in [-0.2, 0) is 0 Å². The Morgan fingerprint density at radius 1 is 1.25 bits per heavy atom. The van der Waals surface area contributed by atoms with Crippen molar-refractivity contribution in [2.75, 3.05) is 6.61 Å². The summed E-state index contributed by atoms with van der Waals surface area (Å²) in [5.41, 5.74) is 1.83. The molecule has 92 valence electrons. The Balaban J connectivity index is 0.00000225. The van der Waals surface area contributed by atoms with E-state index in [1.165, 1.54) is 24.3 Å².